The van der Waals surface area contributed by atoms with Crippen molar-refractivity contribution in [1.29, 1.82) is 0 Å². The molecule has 4 nitrogen and oxygen atoms in total. The number of aliphatic hydroxyl groups is 1. The highest BCUT2D eigenvalue weighted by atomic mass is 16.3. The van der Waals surface area contributed by atoms with Crippen molar-refractivity contribution in [3.8, 4) is 0 Å². The standard InChI is InChI=1S/C14H22N2O2/c1-11(6-5-9-15)14(18)16-10-13(17)12-7-3-2-4-8-12/h2-4,7-8,11,13,17H,5-6,9-10,15H2,1H3,(H,16,18). The highest BCUT2D eigenvalue weighted by Crippen LogP contribution is 2.11. The van der Waals surface area contributed by atoms with Gasteiger partial charge in [-0.1, -0.05) is 37.3 Å². The minimum absolute atomic E-state index is 0.0292. The number of rotatable bonds is 7. The summed E-state index contributed by atoms with van der Waals surface area (Å²) >= 11 is 0. The maximum Gasteiger partial charge on any atom is 0.222 e. The van der Waals surface area contributed by atoms with Crippen LogP contribution in [0, 0.1) is 5.92 Å². The molecule has 4 N–H and O–H groups in total. The topological polar surface area (TPSA) is 75.4 Å². The molecule has 100 valence electrons. The predicted octanol–water partition coefficient (Wildman–Crippen LogP) is 1.21. The Labute approximate surface area is 108 Å². The number of hydrogen-bond donors (Lipinski definition) is 3. The summed E-state index contributed by atoms with van der Waals surface area (Å²) in [4.78, 5) is 11.7. The Bertz CT molecular complexity index is 354. The Kier molecular flexibility index (Phi) is 6.39. The van der Waals surface area contributed by atoms with Crippen LogP contribution in [0.25, 0.3) is 0 Å². The van der Waals surface area contributed by atoms with E-state index in [1.807, 2.05) is 37.3 Å². The van der Waals surface area contributed by atoms with Gasteiger partial charge in [-0.15, -0.1) is 0 Å². The van der Waals surface area contributed by atoms with E-state index in [1.54, 1.807) is 0 Å². The molecule has 18 heavy (non-hydrogen) atoms. The zero-order valence-corrected chi connectivity index (χ0v) is 10.8. The maximum atomic E-state index is 11.7. The van der Waals surface area contributed by atoms with Gasteiger partial charge in [-0.3, -0.25) is 4.79 Å². The van der Waals surface area contributed by atoms with Crippen LogP contribution in [0.1, 0.15) is 31.4 Å². The summed E-state index contributed by atoms with van der Waals surface area (Å²) in [5.41, 5.74) is 6.22. The van der Waals surface area contributed by atoms with Gasteiger partial charge >= 0.3 is 0 Å². The minimum atomic E-state index is -0.656. The van der Waals surface area contributed by atoms with E-state index in [2.05, 4.69) is 5.32 Å². The van der Waals surface area contributed by atoms with Gasteiger partial charge in [0.1, 0.15) is 0 Å². The SMILES string of the molecule is CC(CCCN)C(=O)NCC(O)c1ccccc1. The van der Waals surface area contributed by atoms with Crippen LogP contribution in [-0.4, -0.2) is 24.1 Å². The van der Waals surface area contributed by atoms with E-state index in [-0.39, 0.29) is 18.4 Å². The van der Waals surface area contributed by atoms with Crippen LogP contribution >= 0.6 is 0 Å². The first kappa shape index (κ1) is 14.7. The van der Waals surface area contributed by atoms with Crippen molar-refractivity contribution in [3.63, 3.8) is 0 Å². The first-order chi connectivity index (χ1) is 8.65. The Balaban J connectivity index is 2.34. The van der Waals surface area contributed by atoms with Crippen molar-refractivity contribution in [2.75, 3.05) is 13.1 Å². The average molecular weight is 250 g/mol. The third kappa shape index (κ3) is 4.85. The Hall–Kier alpha value is -1.39. The molecule has 1 rings (SSSR count). The van der Waals surface area contributed by atoms with Gasteiger partial charge in [0.25, 0.3) is 0 Å². The molecule has 0 aliphatic rings. The number of nitrogens with one attached hydrogen (secondary N) is 1. The predicted molar refractivity (Wildman–Crippen MR) is 71.9 cm³/mol. The van der Waals surface area contributed by atoms with Gasteiger partial charge in [-0.25, -0.2) is 0 Å². The summed E-state index contributed by atoms with van der Waals surface area (Å²) in [5.74, 6) is -0.0880. The Morgan fingerprint density at radius 1 is 1.39 bits per heavy atom. The molecule has 1 amide bonds. The van der Waals surface area contributed by atoms with E-state index in [0.717, 1.165) is 18.4 Å². The smallest absolute Gasteiger partial charge is 0.222 e. The van der Waals surface area contributed by atoms with E-state index in [0.29, 0.717) is 6.54 Å². The molecule has 0 aliphatic carbocycles. The zero-order valence-electron chi connectivity index (χ0n) is 10.8. The second-order valence-corrected chi connectivity index (χ2v) is 4.50. The minimum Gasteiger partial charge on any atom is -0.387 e. The maximum absolute atomic E-state index is 11.7. The quantitative estimate of drug-likeness (QED) is 0.681. The van der Waals surface area contributed by atoms with Gasteiger partial charge in [0.15, 0.2) is 0 Å². The van der Waals surface area contributed by atoms with Crippen molar-refractivity contribution in [3.05, 3.63) is 35.9 Å². The lowest BCUT2D eigenvalue weighted by atomic mass is 10.0. The van der Waals surface area contributed by atoms with Crippen molar-refractivity contribution in [2.24, 2.45) is 11.7 Å². The third-order valence-corrected chi connectivity index (χ3v) is 2.94. The number of nitrogens with two attached hydrogens (primary N) is 1. The summed E-state index contributed by atoms with van der Waals surface area (Å²) in [6.07, 6.45) is 0.969. The summed E-state index contributed by atoms with van der Waals surface area (Å²) in [6, 6.07) is 9.31. The van der Waals surface area contributed by atoms with Crippen LogP contribution in [0.5, 0.6) is 0 Å². The largest absolute Gasteiger partial charge is 0.387 e. The summed E-state index contributed by atoms with van der Waals surface area (Å²) in [7, 11) is 0. The molecular weight excluding hydrogens is 228 g/mol. The lowest BCUT2D eigenvalue weighted by Gasteiger charge is -2.15. The molecule has 4 heteroatoms. The fraction of sp³-hybridized carbons (Fsp3) is 0.500. The van der Waals surface area contributed by atoms with Crippen molar-refractivity contribution >= 4 is 5.91 Å². The molecule has 0 bridgehead atoms. The van der Waals surface area contributed by atoms with Crippen molar-refractivity contribution in [2.45, 2.75) is 25.9 Å². The van der Waals surface area contributed by atoms with Gasteiger partial charge < -0.3 is 16.2 Å². The summed E-state index contributed by atoms with van der Waals surface area (Å²) < 4.78 is 0. The lowest BCUT2D eigenvalue weighted by Crippen LogP contribution is -2.32. The molecule has 0 spiro atoms. The summed E-state index contributed by atoms with van der Waals surface area (Å²) in [6.45, 7) is 2.72. The zero-order chi connectivity index (χ0) is 13.4. The highest BCUT2D eigenvalue weighted by Gasteiger charge is 2.14. The number of benzene rings is 1. The van der Waals surface area contributed by atoms with Crippen LogP contribution in [0.3, 0.4) is 0 Å². The molecule has 2 atom stereocenters. The second kappa shape index (κ2) is 7.84. The molecular formula is C14H22N2O2. The molecule has 0 radical (unpaired) electrons. The number of carbonyl (C=O) groups is 1. The molecule has 1 aromatic carbocycles. The molecule has 0 saturated carbocycles. The van der Waals surface area contributed by atoms with Crippen LogP contribution < -0.4 is 11.1 Å². The van der Waals surface area contributed by atoms with Crippen LogP contribution in [0.2, 0.25) is 0 Å². The Morgan fingerprint density at radius 2 is 2.06 bits per heavy atom. The van der Waals surface area contributed by atoms with E-state index in [4.69, 9.17) is 5.73 Å². The first-order valence-electron chi connectivity index (χ1n) is 6.36. The number of amides is 1. The van der Waals surface area contributed by atoms with Gasteiger partial charge in [-0.2, -0.15) is 0 Å². The van der Waals surface area contributed by atoms with Crippen LogP contribution in [-0.2, 0) is 4.79 Å². The first-order valence-corrected chi connectivity index (χ1v) is 6.36. The fourth-order valence-electron chi connectivity index (χ4n) is 1.72. The third-order valence-electron chi connectivity index (χ3n) is 2.94. The average Bonchev–Trinajstić information content (AvgIpc) is 2.42. The molecule has 0 aromatic heterocycles. The van der Waals surface area contributed by atoms with Crippen LogP contribution in [0.15, 0.2) is 30.3 Å². The normalized spacial score (nSPS) is 13.9. The molecule has 0 saturated heterocycles. The lowest BCUT2D eigenvalue weighted by molar-refractivity contribution is -0.125. The van der Waals surface area contributed by atoms with E-state index < -0.39 is 6.10 Å². The van der Waals surface area contributed by atoms with Crippen molar-refractivity contribution < 1.29 is 9.90 Å². The molecule has 0 aliphatic heterocycles. The van der Waals surface area contributed by atoms with E-state index in [9.17, 15) is 9.90 Å². The molecule has 1 aromatic rings. The number of aliphatic hydroxyl groups excluding tert-OH is 1. The molecule has 0 heterocycles. The molecule has 2 unspecified atom stereocenters. The van der Waals surface area contributed by atoms with Gasteiger partial charge in [0.2, 0.25) is 5.91 Å². The summed E-state index contributed by atoms with van der Waals surface area (Å²) in [5, 5.41) is 12.7. The van der Waals surface area contributed by atoms with Gasteiger partial charge in [0.05, 0.1) is 6.10 Å². The monoisotopic (exact) mass is 250 g/mol. The number of carbonyl (C=O) groups excluding carboxylic acids is 1. The van der Waals surface area contributed by atoms with E-state index >= 15 is 0 Å². The second-order valence-electron chi connectivity index (χ2n) is 4.50. The van der Waals surface area contributed by atoms with Crippen molar-refractivity contribution in [1.82, 2.24) is 5.32 Å². The molecule has 0 fully saturated rings. The van der Waals surface area contributed by atoms with Gasteiger partial charge in [-0.05, 0) is 24.9 Å². The van der Waals surface area contributed by atoms with E-state index in [1.165, 1.54) is 0 Å². The van der Waals surface area contributed by atoms with Gasteiger partial charge in [0, 0.05) is 12.5 Å². The fourth-order valence-corrected chi connectivity index (χ4v) is 1.72. The number of hydrogen-bond acceptors (Lipinski definition) is 3. The highest BCUT2D eigenvalue weighted by molar-refractivity contribution is 5.78. The Morgan fingerprint density at radius 3 is 2.67 bits per heavy atom. The van der Waals surface area contributed by atoms with Crippen LogP contribution in [0.4, 0.5) is 0 Å².